The van der Waals surface area contributed by atoms with Crippen molar-refractivity contribution in [3.63, 3.8) is 0 Å². The molecule has 0 saturated heterocycles. The summed E-state index contributed by atoms with van der Waals surface area (Å²) in [6.07, 6.45) is -4.66. The fraction of sp³-hybridized carbons (Fsp3) is 0.333. The molecular formula is C9H10F3NOS. The van der Waals surface area contributed by atoms with Crippen LogP contribution < -0.4 is 9.46 Å². The highest BCUT2D eigenvalue weighted by atomic mass is 32.1. The van der Waals surface area contributed by atoms with Crippen LogP contribution in [-0.2, 0) is 0 Å². The molecule has 6 heteroatoms. The van der Waals surface area contributed by atoms with Crippen LogP contribution in [0.25, 0.3) is 0 Å². The standard InChI is InChI=1S/C9H10F3NOS/c1-6(13-15)7-3-2-4-8(5-7)14-9(10,11)12/h2-6,13,15H,1H3/t6-/m1/s1. The third-order valence-electron chi connectivity index (χ3n) is 1.79. The zero-order valence-electron chi connectivity index (χ0n) is 7.88. The first-order valence-corrected chi connectivity index (χ1v) is 4.62. The van der Waals surface area contributed by atoms with Crippen molar-refractivity contribution in [1.82, 2.24) is 4.72 Å². The zero-order chi connectivity index (χ0) is 11.5. The second kappa shape index (κ2) is 4.76. The molecular weight excluding hydrogens is 227 g/mol. The molecule has 0 unspecified atom stereocenters. The number of halogens is 3. The summed E-state index contributed by atoms with van der Waals surface area (Å²) in [6.45, 7) is 1.78. The lowest BCUT2D eigenvalue weighted by molar-refractivity contribution is -0.274. The minimum atomic E-state index is -4.66. The average molecular weight is 237 g/mol. The lowest BCUT2D eigenvalue weighted by Gasteiger charge is -2.13. The Kier molecular flexibility index (Phi) is 3.87. The van der Waals surface area contributed by atoms with E-state index >= 15 is 0 Å². The molecule has 0 saturated carbocycles. The number of thiol groups is 1. The number of alkyl halides is 3. The van der Waals surface area contributed by atoms with Crippen LogP contribution in [0.3, 0.4) is 0 Å². The Hall–Kier alpha value is -0.880. The first-order valence-electron chi connectivity index (χ1n) is 4.17. The van der Waals surface area contributed by atoms with Gasteiger partial charge >= 0.3 is 6.36 Å². The molecule has 0 aliphatic heterocycles. The summed E-state index contributed by atoms with van der Waals surface area (Å²) < 4.78 is 42.1. The molecule has 0 amide bonds. The van der Waals surface area contributed by atoms with Gasteiger partial charge < -0.3 is 4.74 Å². The van der Waals surface area contributed by atoms with Crippen LogP contribution in [0, 0.1) is 0 Å². The Morgan fingerprint density at radius 1 is 1.40 bits per heavy atom. The molecule has 0 aromatic heterocycles. The maximum atomic E-state index is 11.9. The van der Waals surface area contributed by atoms with Gasteiger partial charge in [-0.25, -0.2) is 0 Å². The van der Waals surface area contributed by atoms with Crippen molar-refractivity contribution in [3.05, 3.63) is 29.8 Å². The quantitative estimate of drug-likeness (QED) is 0.788. The molecule has 0 spiro atoms. The van der Waals surface area contributed by atoms with Crippen molar-refractivity contribution < 1.29 is 17.9 Å². The normalized spacial score (nSPS) is 13.7. The summed E-state index contributed by atoms with van der Waals surface area (Å²) in [6, 6.07) is 5.61. The highest BCUT2D eigenvalue weighted by Gasteiger charge is 2.31. The van der Waals surface area contributed by atoms with Gasteiger partial charge in [0.15, 0.2) is 0 Å². The average Bonchev–Trinajstić information content (AvgIpc) is 2.14. The second-order valence-electron chi connectivity index (χ2n) is 2.97. The fourth-order valence-electron chi connectivity index (χ4n) is 1.06. The van der Waals surface area contributed by atoms with Gasteiger partial charge in [-0.2, -0.15) is 0 Å². The first-order chi connectivity index (χ1) is 6.92. The van der Waals surface area contributed by atoms with Gasteiger partial charge in [-0.15, -0.1) is 13.2 Å². The summed E-state index contributed by atoms with van der Waals surface area (Å²) in [5.74, 6) is -0.226. The van der Waals surface area contributed by atoms with Crippen LogP contribution in [0.5, 0.6) is 5.75 Å². The third-order valence-corrected chi connectivity index (χ3v) is 2.17. The number of ether oxygens (including phenoxy) is 1. The fourth-order valence-corrected chi connectivity index (χ4v) is 1.20. The Morgan fingerprint density at radius 2 is 2.07 bits per heavy atom. The maximum Gasteiger partial charge on any atom is 0.573 e. The molecule has 1 aromatic rings. The molecule has 15 heavy (non-hydrogen) atoms. The predicted octanol–water partition coefficient (Wildman–Crippen LogP) is 3.08. The van der Waals surface area contributed by atoms with E-state index in [1.54, 1.807) is 13.0 Å². The molecule has 1 atom stereocenters. The molecule has 1 aromatic carbocycles. The number of nitrogens with one attached hydrogen (secondary N) is 1. The minimum Gasteiger partial charge on any atom is -0.406 e. The molecule has 0 fully saturated rings. The van der Waals surface area contributed by atoms with E-state index in [1.165, 1.54) is 18.2 Å². The monoisotopic (exact) mass is 237 g/mol. The topological polar surface area (TPSA) is 21.3 Å². The molecule has 84 valence electrons. The molecule has 0 radical (unpaired) electrons. The Morgan fingerprint density at radius 3 is 2.60 bits per heavy atom. The summed E-state index contributed by atoms with van der Waals surface area (Å²) >= 11 is 3.83. The van der Waals surface area contributed by atoms with Crippen LogP contribution in [-0.4, -0.2) is 6.36 Å². The van der Waals surface area contributed by atoms with Gasteiger partial charge in [0.1, 0.15) is 5.75 Å². The molecule has 1 rings (SSSR count). The summed E-state index contributed by atoms with van der Waals surface area (Å²) in [4.78, 5) is 0. The highest BCUT2D eigenvalue weighted by molar-refractivity contribution is 7.78. The zero-order valence-corrected chi connectivity index (χ0v) is 8.77. The van der Waals surface area contributed by atoms with Gasteiger partial charge in [0.25, 0.3) is 0 Å². The SMILES string of the molecule is C[C@@H](NS)c1cccc(OC(F)(F)F)c1. The van der Waals surface area contributed by atoms with E-state index in [-0.39, 0.29) is 11.8 Å². The van der Waals surface area contributed by atoms with Gasteiger partial charge in [-0.1, -0.05) is 24.9 Å². The summed E-state index contributed by atoms with van der Waals surface area (Å²) in [5, 5.41) is 0. The molecule has 2 nitrogen and oxygen atoms in total. The van der Waals surface area contributed by atoms with Crippen molar-refractivity contribution in [3.8, 4) is 5.75 Å². The molecule has 0 aliphatic rings. The van der Waals surface area contributed by atoms with Gasteiger partial charge in [0, 0.05) is 6.04 Å². The Balaban J connectivity index is 2.83. The van der Waals surface area contributed by atoms with Crippen LogP contribution >= 0.6 is 12.8 Å². The number of hydrogen-bond donors (Lipinski definition) is 2. The Bertz CT molecular complexity index is 329. The molecule has 0 bridgehead atoms. The second-order valence-corrected chi connectivity index (χ2v) is 3.23. The van der Waals surface area contributed by atoms with Crippen molar-refractivity contribution in [2.24, 2.45) is 0 Å². The van der Waals surface area contributed by atoms with Crippen molar-refractivity contribution in [2.75, 3.05) is 0 Å². The van der Waals surface area contributed by atoms with E-state index < -0.39 is 6.36 Å². The maximum absolute atomic E-state index is 11.9. The molecule has 0 aliphatic carbocycles. The van der Waals surface area contributed by atoms with Crippen molar-refractivity contribution >= 4 is 12.8 Å². The number of benzene rings is 1. The van der Waals surface area contributed by atoms with Crippen molar-refractivity contribution in [1.29, 1.82) is 0 Å². The van der Waals surface area contributed by atoms with E-state index in [2.05, 4.69) is 22.3 Å². The molecule has 1 N–H and O–H groups in total. The number of hydrogen-bond acceptors (Lipinski definition) is 3. The largest absolute Gasteiger partial charge is 0.573 e. The summed E-state index contributed by atoms with van der Waals surface area (Å²) in [5.41, 5.74) is 0.673. The smallest absolute Gasteiger partial charge is 0.406 e. The van der Waals surface area contributed by atoms with Crippen molar-refractivity contribution in [2.45, 2.75) is 19.3 Å². The van der Waals surface area contributed by atoms with Gasteiger partial charge in [-0.05, 0) is 24.6 Å². The van der Waals surface area contributed by atoms with E-state index in [0.717, 1.165) is 0 Å². The van der Waals surface area contributed by atoms with Crippen LogP contribution in [0.2, 0.25) is 0 Å². The van der Waals surface area contributed by atoms with Gasteiger partial charge in [-0.3, -0.25) is 4.72 Å². The third kappa shape index (κ3) is 4.01. The predicted molar refractivity (Wildman–Crippen MR) is 53.7 cm³/mol. The van der Waals surface area contributed by atoms with E-state index in [0.29, 0.717) is 5.56 Å². The van der Waals surface area contributed by atoms with Crippen LogP contribution in [0.1, 0.15) is 18.5 Å². The first kappa shape index (κ1) is 12.2. The van der Waals surface area contributed by atoms with E-state index in [1.807, 2.05) is 0 Å². The summed E-state index contributed by atoms with van der Waals surface area (Å²) in [7, 11) is 0. The van der Waals surface area contributed by atoms with E-state index in [4.69, 9.17) is 0 Å². The highest BCUT2D eigenvalue weighted by Crippen LogP contribution is 2.25. The van der Waals surface area contributed by atoms with Crippen LogP contribution in [0.4, 0.5) is 13.2 Å². The van der Waals surface area contributed by atoms with Gasteiger partial charge in [0.05, 0.1) is 0 Å². The Labute approximate surface area is 91.0 Å². The van der Waals surface area contributed by atoms with Gasteiger partial charge in [0.2, 0.25) is 0 Å². The van der Waals surface area contributed by atoms with E-state index in [9.17, 15) is 13.2 Å². The number of rotatable bonds is 3. The minimum absolute atomic E-state index is 0.148. The lowest BCUT2D eigenvalue weighted by Crippen LogP contribution is -2.17. The lowest BCUT2D eigenvalue weighted by atomic mass is 10.1. The van der Waals surface area contributed by atoms with Crippen LogP contribution in [0.15, 0.2) is 24.3 Å². The molecule has 0 heterocycles.